The highest BCUT2D eigenvalue weighted by Crippen LogP contribution is 2.40. The number of fused-ring (bicyclic) bond motifs is 1. The second-order valence-electron chi connectivity index (χ2n) is 7.65. The number of hydrogen-bond donors (Lipinski definition) is 2. The molecule has 34 heavy (non-hydrogen) atoms. The fourth-order valence-corrected chi connectivity index (χ4v) is 6.39. The highest BCUT2D eigenvalue weighted by Gasteiger charge is 2.53. The Morgan fingerprint density at radius 2 is 2.12 bits per heavy atom. The second kappa shape index (κ2) is 10.6. The molecule has 3 N–H and O–H groups in total. The molecule has 12 heteroatoms. The number of aromatic nitrogens is 1. The fraction of sp³-hybridized carbons (Fsp3) is 0.273. The van der Waals surface area contributed by atoms with Crippen LogP contribution in [0.4, 0.5) is 0 Å². The van der Waals surface area contributed by atoms with E-state index in [0.717, 1.165) is 5.56 Å². The number of nitrogens with zero attached hydrogens (tertiary/aromatic N) is 2. The van der Waals surface area contributed by atoms with Crippen molar-refractivity contribution in [2.45, 2.75) is 29.4 Å². The summed E-state index contributed by atoms with van der Waals surface area (Å²) in [5.41, 5.74) is 7.01. The highest BCUT2D eigenvalue weighted by atomic mass is 35.5. The molecule has 0 bridgehead atoms. The predicted molar refractivity (Wildman–Crippen MR) is 129 cm³/mol. The van der Waals surface area contributed by atoms with Crippen LogP contribution < -0.4 is 20.7 Å². The van der Waals surface area contributed by atoms with Gasteiger partial charge in [-0.15, -0.1) is 23.5 Å². The first kappa shape index (κ1) is 24.9. The number of carboxylic acid groups (broad SMARTS) is 1. The van der Waals surface area contributed by atoms with Crippen LogP contribution in [-0.4, -0.2) is 45.6 Å². The van der Waals surface area contributed by atoms with Crippen LogP contribution in [0.15, 0.2) is 58.9 Å². The third kappa shape index (κ3) is 5.21. The first-order valence-electron chi connectivity index (χ1n) is 10.2. The number of benzene rings is 1. The number of hydrogen-bond acceptors (Lipinski definition) is 7. The number of amides is 2. The van der Waals surface area contributed by atoms with Crippen molar-refractivity contribution < 1.29 is 24.1 Å². The van der Waals surface area contributed by atoms with Gasteiger partial charge in [-0.2, -0.15) is 0 Å². The zero-order valence-electron chi connectivity index (χ0n) is 17.7. The quantitative estimate of drug-likeness (QED) is 0.291. The number of thioether (sulfide) groups is 2. The predicted octanol–water partition coefficient (Wildman–Crippen LogP) is 0.936. The number of nitrogens with one attached hydrogen (secondary N) is 1. The molecule has 1 saturated heterocycles. The van der Waals surface area contributed by atoms with Gasteiger partial charge in [0.1, 0.15) is 11.4 Å². The average molecular weight is 539 g/mol. The van der Waals surface area contributed by atoms with E-state index in [0.29, 0.717) is 32.8 Å². The number of rotatable bonds is 8. The van der Waals surface area contributed by atoms with Gasteiger partial charge in [-0.05, 0) is 24.3 Å². The number of carbonyl (C=O) groups is 3. The maximum atomic E-state index is 12.8. The summed E-state index contributed by atoms with van der Waals surface area (Å²) in [5, 5.41) is 15.1. The Hall–Kier alpha value is -2.24. The Labute approximate surface area is 214 Å². The largest absolute Gasteiger partial charge is 0.543 e. The Balaban J connectivity index is 1.43. The summed E-state index contributed by atoms with van der Waals surface area (Å²) in [5.74, 6) is -1.84. The van der Waals surface area contributed by atoms with E-state index < -0.39 is 23.3 Å². The molecule has 2 aliphatic rings. The second-order valence-corrected chi connectivity index (χ2v) is 10.6. The minimum Gasteiger partial charge on any atom is -0.543 e. The molecule has 1 aromatic heterocycles. The van der Waals surface area contributed by atoms with Gasteiger partial charge in [0.2, 0.25) is 5.91 Å². The molecular formula is C22H20Cl2N4O4S2. The van der Waals surface area contributed by atoms with Gasteiger partial charge in [0.15, 0.2) is 18.9 Å². The lowest BCUT2D eigenvalue weighted by Gasteiger charge is -2.50. The van der Waals surface area contributed by atoms with Crippen molar-refractivity contribution in [2.75, 3.05) is 11.5 Å². The Morgan fingerprint density at radius 1 is 1.32 bits per heavy atom. The van der Waals surface area contributed by atoms with E-state index in [1.807, 2.05) is 22.9 Å². The summed E-state index contributed by atoms with van der Waals surface area (Å²) in [4.78, 5) is 39.1. The van der Waals surface area contributed by atoms with Gasteiger partial charge in [0.05, 0.1) is 22.4 Å². The molecule has 2 amide bonds. The maximum Gasteiger partial charge on any atom is 0.253 e. The van der Waals surface area contributed by atoms with Crippen LogP contribution in [0.3, 0.4) is 0 Å². The SMILES string of the molecule is NCc1ccc[n+](CC2=C(C(=O)[O-])N3C(=O)[C@@H](NC(=O)CSc4cc(Cl)ccc4Cl)[C@H]3SC2)c1. The van der Waals surface area contributed by atoms with E-state index in [4.69, 9.17) is 28.9 Å². The molecule has 178 valence electrons. The van der Waals surface area contributed by atoms with Crippen molar-refractivity contribution in [1.82, 2.24) is 10.2 Å². The number of carbonyl (C=O) groups excluding carboxylic acids is 3. The lowest BCUT2D eigenvalue weighted by atomic mass is 10.0. The molecule has 2 aromatic rings. The summed E-state index contributed by atoms with van der Waals surface area (Å²) in [6.07, 6.45) is 3.64. The van der Waals surface area contributed by atoms with Crippen molar-refractivity contribution in [3.8, 4) is 0 Å². The van der Waals surface area contributed by atoms with Crippen molar-refractivity contribution >= 4 is 64.5 Å². The van der Waals surface area contributed by atoms with Crippen LogP contribution in [0.1, 0.15) is 5.56 Å². The van der Waals surface area contributed by atoms with Gasteiger partial charge < -0.3 is 21.0 Å². The Morgan fingerprint density at radius 3 is 2.85 bits per heavy atom. The van der Waals surface area contributed by atoms with E-state index in [2.05, 4.69) is 5.32 Å². The minimum atomic E-state index is -1.42. The number of β-lactam (4-membered cyclic amide) rings is 1. The Bertz CT molecular complexity index is 1190. The molecule has 1 aromatic carbocycles. The number of halogens is 2. The van der Waals surface area contributed by atoms with Gasteiger partial charge in [0, 0.05) is 39.4 Å². The first-order valence-corrected chi connectivity index (χ1v) is 13.0. The van der Waals surface area contributed by atoms with Crippen LogP contribution in [-0.2, 0) is 27.5 Å². The highest BCUT2D eigenvalue weighted by molar-refractivity contribution is 8.00. The molecular weight excluding hydrogens is 519 g/mol. The molecule has 1 fully saturated rings. The van der Waals surface area contributed by atoms with Crippen LogP contribution in [0.25, 0.3) is 0 Å². The smallest absolute Gasteiger partial charge is 0.253 e. The molecule has 2 atom stereocenters. The molecule has 3 heterocycles. The van der Waals surface area contributed by atoms with E-state index in [9.17, 15) is 19.5 Å². The maximum absolute atomic E-state index is 12.8. The van der Waals surface area contributed by atoms with Crippen LogP contribution in [0.5, 0.6) is 0 Å². The molecule has 0 saturated carbocycles. The fourth-order valence-electron chi connectivity index (χ4n) is 3.76. The normalized spacial score (nSPS) is 19.5. The number of pyridine rings is 1. The molecule has 2 aliphatic heterocycles. The van der Waals surface area contributed by atoms with Gasteiger partial charge in [-0.1, -0.05) is 23.2 Å². The number of nitrogens with two attached hydrogens (primary N) is 1. The summed E-state index contributed by atoms with van der Waals surface area (Å²) >= 11 is 14.7. The van der Waals surface area contributed by atoms with Gasteiger partial charge in [-0.3, -0.25) is 14.5 Å². The number of aliphatic carboxylic acids is 1. The molecule has 8 nitrogen and oxygen atoms in total. The molecule has 4 rings (SSSR count). The van der Waals surface area contributed by atoms with Crippen molar-refractivity contribution in [2.24, 2.45) is 5.73 Å². The third-order valence-electron chi connectivity index (χ3n) is 5.34. The third-order valence-corrected chi connectivity index (χ3v) is 8.41. The first-order chi connectivity index (χ1) is 16.3. The topological polar surface area (TPSA) is 119 Å². The summed E-state index contributed by atoms with van der Waals surface area (Å²) < 4.78 is 1.82. The molecule has 0 spiro atoms. The zero-order chi connectivity index (χ0) is 24.4. The minimum absolute atomic E-state index is 0.0315. The number of carboxylic acids is 1. The monoisotopic (exact) mass is 538 g/mol. The van der Waals surface area contributed by atoms with Gasteiger partial charge in [-0.25, -0.2) is 4.57 Å². The summed E-state index contributed by atoms with van der Waals surface area (Å²) in [6.45, 7) is 0.645. The van der Waals surface area contributed by atoms with Crippen LogP contribution >= 0.6 is 46.7 Å². The lowest BCUT2D eigenvalue weighted by molar-refractivity contribution is -0.689. The van der Waals surface area contributed by atoms with E-state index >= 15 is 0 Å². The van der Waals surface area contributed by atoms with Crippen molar-refractivity contribution in [1.29, 1.82) is 0 Å². The van der Waals surface area contributed by atoms with E-state index in [1.54, 1.807) is 24.4 Å². The standard InChI is InChI=1S/C22H20Cl2N4O4S2/c23-14-3-4-15(24)16(6-14)33-11-17(29)26-18-20(30)28-19(22(31)32)13(10-34-21(18)28)9-27-5-1-2-12(7-25)8-27/h1-6,8,18,21H,7,9-11,25H2,(H-,26,29,31,32)/t18-,21-/m1/s1. The molecule has 0 aliphatic carbocycles. The summed E-state index contributed by atoms with van der Waals surface area (Å²) in [6, 6.07) is 7.86. The molecule has 0 unspecified atom stereocenters. The van der Waals surface area contributed by atoms with Crippen LogP contribution in [0.2, 0.25) is 10.0 Å². The zero-order valence-corrected chi connectivity index (χ0v) is 20.8. The summed E-state index contributed by atoms with van der Waals surface area (Å²) in [7, 11) is 0. The van der Waals surface area contributed by atoms with E-state index in [-0.39, 0.29) is 23.9 Å². The van der Waals surface area contributed by atoms with Gasteiger partial charge >= 0.3 is 0 Å². The average Bonchev–Trinajstić information content (AvgIpc) is 2.82. The van der Waals surface area contributed by atoms with Gasteiger partial charge in [0.25, 0.3) is 5.91 Å². The van der Waals surface area contributed by atoms with Crippen molar-refractivity contribution in [3.05, 3.63) is 69.6 Å². The Kier molecular flexibility index (Phi) is 7.73. The van der Waals surface area contributed by atoms with Crippen LogP contribution in [0, 0.1) is 0 Å². The van der Waals surface area contributed by atoms with E-state index in [1.165, 1.54) is 28.4 Å². The molecule has 0 radical (unpaired) electrons. The lowest BCUT2D eigenvalue weighted by Crippen LogP contribution is -2.71. The van der Waals surface area contributed by atoms with Crippen molar-refractivity contribution in [3.63, 3.8) is 0 Å².